The zero-order valence-electron chi connectivity index (χ0n) is 11.2. The highest BCUT2D eigenvalue weighted by Crippen LogP contribution is 2.18. The molecule has 1 aromatic rings. The molecule has 0 aliphatic heterocycles. The smallest absolute Gasteiger partial charge is 0.0858 e. The summed E-state index contributed by atoms with van der Waals surface area (Å²) in [5.41, 5.74) is 2.59. The Bertz CT molecular complexity index is 465. The second-order valence-corrected chi connectivity index (χ2v) is 3.99. The second kappa shape index (κ2) is 7.22. The van der Waals surface area contributed by atoms with E-state index in [0.29, 0.717) is 5.70 Å². The number of hydrogen-bond donors (Lipinski definition) is 0. The highest BCUT2D eigenvalue weighted by Gasteiger charge is 1.94. The van der Waals surface area contributed by atoms with Crippen LogP contribution < -0.4 is 4.90 Å². The summed E-state index contributed by atoms with van der Waals surface area (Å²) in [5, 5.41) is 8.15. The van der Waals surface area contributed by atoms with Crippen molar-refractivity contribution in [1.29, 1.82) is 0 Å². The van der Waals surface area contributed by atoms with Crippen molar-refractivity contribution in [1.82, 2.24) is 0 Å². The van der Waals surface area contributed by atoms with Crippen molar-refractivity contribution in [3.8, 4) is 0 Å². The summed E-state index contributed by atoms with van der Waals surface area (Å²) in [6, 6.07) is 7.88. The highest BCUT2D eigenvalue weighted by atomic mass is 15.1. The van der Waals surface area contributed by atoms with Crippen LogP contribution in [0.4, 0.5) is 11.4 Å². The second-order valence-electron chi connectivity index (χ2n) is 3.99. The number of nitrogens with zero attached hydrogens (tertiary/aromatic N) is 3. The van der Waals surface area contributed by atoms with Gasteiger partial charge in [0.05, 0.1) is 11.4 Å². The minimum Gasteiger partial charge on any atom is -0.378 e. The van der Waals surface area contributed by atoms with Gasteiger partial charge in [0.1, 0.15) is 0 Å². The molecule has 0 aliphatic rings. The van der Waals surface area contributed by atoms with Crippen LogP contribution in [0.5, 0.6) is 0 Å². The van der Waals surface area contributed by atoms with Gasteiger partial charge in [-0.25, -0.2) is 0 Å². The molecule has 0 radical (unpaired) electrons. The van der Waals surface area contributed by atoms with Crippen LogP contribution in [0.15, 0.2) is 71.1 Å². The molecule has 0 saturated carbocycles. The molecule has 1 aromatic carbocycles. The van der Waals surface area contributed by atoms with E-state index in [-0.39, 0.29) is 0 Å². The zero-order valence-corrected chi connectivity index (χ0v) is 11.2. The normalized spacial score (nSPS) is 11.7. The topological polar surface area (TPSA) is 28.0 Å². The van der Waals surface area contributed by atoms with Crippen LogP contribution in [-0.4, -0.2) is 14.1 Å². The van der Waals surface area contributed by atoms with Gasteiger partial charge in [0.15, 0.2) is 0 Å². The van der Waals surface area contributed by atoms with Crippen LogP contribution in [0.1, 0.15) is 6.92 Å². The van der Waals surface area contributed by atoms with Crippen molar-refractivity contribution >= 4 is 11.4 Å². The molecule has 0 N–H and O–H groups in total. The number of rotatable bonds is 5. The Labute approximate surface area is 109 Å². The largest absolute Gasteiger partial charge is 0.378 e. The summed E-state index contributed by atoms with van der Waals surface area (Å²) in [4.78, 5) is 2.04. The third kappa shape index (κ3) is 4.78. The van der Waals surface area contributed by atoms with Crippen molar-refractivity contribution < 1.29 is 0 Å². The van der Waals surface area contributed by atoms with E-state index in [1.54, 1.807) is 0 Å². The molecule has 0 atom stereocenters. The van der Waals surface area contributed by atoms with Gasteiger partial charge in [-0.2, -0.15) is 10.2 Å². The number of azo groups is 1. The van der Waals surface area contributed by atoms with E-state index in [1.807, 2.05) is 74.5 Å². The van der Waals surface area contributed by atoms with Crippen LogP contribution in [0.2, 0.25) is 0 Å². The molecule has 18 heavy (non-hydrogen) atoms. The van der Waals surface area contributed by atoms with Crippen LogP contribution in [-0.2, 0) is 0 Å². The van der Waals surface area contributed by atoms with E-state index in [2.05, 4.69) is 16.8 Å². The Kier molecular flexibility index (Phi) is 5.58. The van der Waals surface area contributed by atoms with Gasteiger partial charge >= 0.3 is 0 Å². The fourth-order valence-corrected chi connectivity index (χ4v) is 1.25. The number of hydrogen-bond acceptors (Lipinski definition) is 3. The SMILES string of the molecule is C=C(/C=C\C=C/C)N=Nc1ccc(N(C)C)cc1. The molecular formula is C15H19N3. The molecule has 3 nitrogen and oxygen atoms in total. The summed E-state index contributed by atoms with van der Waals surface area (Å²) in [6.45, 7) is 5.76. The van der Waals surface area contributed by atoms with Crippen molar-refractivity contribution in [2.75, 3.05) is 19.0 Å². The van der Waals surface area contributed by atoms with E-state index < -0.39 is 0 Å². The zero-order chi connectivity index (χ0) is 13.4. The lowest BCUT2D eigenvalue weighted by molar-refractivity contribution is 1.13. The van der Waals surface area contributed by atoms with E-state index in [9.17, 15) is 0 Å². The lowest BCUT2D eigenvalue weighted by Gasteiger charge is -2.11. The first-order valence-electron chi connectivity index (χ1n) is 5.81. The van der Waals surface area contributed by atoms with Crippen LogP contribution in [0.25, 0.3) is 0 Å². The monoisotopic (exact) mass is 241 g/mol. The van der Waals surface area contributed by atoms with E-state index >= 15 is 0 Å². The number of allylic oxidation sites excluding steroid dienone is 4. The van der Waals surface area contributed by atoms with Crippen molar-refractivity contribution in [3.63, 3.8) is 0 Å². The number of benzene rings is 1. The van der Waals surface area contributed by atoms with Gasteiger partial charge in [0.25, 0.3) is 0 Å². The Morgan fingerprint density at radius 3 is 2.39 bits per heavy atom. The summed E-state index contributed by atoms with van der Waals surface area (Å²) >= 11 is 0. The van der Waals surface area contributed by atoms with E-state index in [1.165, 1.54) is 0 Å². The fourth-order valence-electron chi connectivity index (χ4n) is 1.25. The van der Waals surface area contributed by atoms with Gasteiger partial charge in [-0.3, -0.25) is 0 Å². The summed E-state index contributed by atoms with van der Waals surface area (Å²) in [5.74, 6) is 0. The van der Waals surface area contributed by atoms with Crippen LogP contribution in [0.3, 0.4) is 0 Å². The first-order valence-corrected chi connectivity index (χ1v) is 5.81. The Morgan fingerprint density at radius 2 is 1.83 bits per heavy atom. The minimum atomic E-state index is 0.629. The Morgan fingerprint density at radius 1 is 1.17 bits per heavy atom. The van der Waals surface area contributed by atoms with Crippen molar-refractivity contribution in [2.45, 2.75) is 6.92 Å². The fraction of sp³-hybridized carbons (Fsp3) is 0.200. The molecule has 0 fully saturated rings. The summed E-state index contributed by atoms with van der Waals surface area (Å²) in [7, 11) is 4.01. The van der Waals surface area contributed by atoms with Gasteiger partial charge in [0.2, 0.25) is 0 Å². The number of anilines is 1. The molecule has 0 unspecified atom stereocenters. The maximum atomic E-state index is 4.12. The molecule has 0 bridgehead atoms. The van der Waals surface area contributed by atoms with Gasteiger partial charge in [-0.15, -0.1) is 0 Å². The predicted octanol–water partition coefficient (Wildman–Crippen LogP) is 4.48. The van der Waals surface area contributed by atoms with Crippen LogP contribution in [0, 0.1) is 0 Å². The average Bonchev–Trinajstić information content (AvgIpc) is 2.37. The lowest BCUT2D eigenvalue weighted by Crippen LogP contribution is -2.07. The van der Waals surface area contributed by atoms with Crippen molar-refractivity contribution in [3.05, 3.63) is 60.8 Å². The lowest BCUT2D eigenvalue weighted by atomic mass is 10.3. The third-order valence-corrected chi connectivity index (χ3v) is 2.25. The standard InChI is InChI=1S/C15H19N3/c1-5-6-7-8-13(2)16-17-14-9-11-15(12-10-14)18(3)4/h5-12H,2H2,1,3-4H3/b6-5-,8-7-,17-16?. The maximum Gasteiger partial charge on any atom is 0.0858 e. The van der Waals surface area contributed by atoms with E-state index in [0.717, 1.165) is 11.4 Å². The third-order valence-electron chi connectivity index (χ3n) is 2.25. The molecule has 0 spiro atoms. The molecule has 0 aliphatic carbocycles. The van der Waals surface area contributed by atoms with Crippen molar-refractivity contribution in [2.24, 2.45) is 10.2 Å². The van der Waals surface area contributed by atoms with E-state index in [4.69, 9.17) is 0 Å². The van der Waals surface area contributed by atoms with Gasteiger partial charge in [-0.1, -0.05) is 24.8 Å². The minimum absolute atomic E-state index is 0.629. The summed E-state index contributed by atoms with van der Waals surface area (Å²) in [6.07, 6.45) is 7.57. The quantitative estimate of drug-likeness (QED) is 0.551. The Balaban J connectivity index is 2.64. The molecule has 1 rings (SSSR count). The highest BCUT2D eigenvalue weighted by molar-refractivity contribution is 5.51. The molecular weight excluding hydrogens is 222 g/mol. The van der Waals surface area contributed by atoms with Crippen LogP contribution >= 0.6 is 0 Å². The van der Waals surface area contributed by atoms with Gasteiger partial charge < -0.3 is 4.90 Å². The molecule has 0 amide bonds. The van der Waals surface area contributed by atoms with Gasteiger partial charge in [-0.05, 0) is 37.3 Å². The first kappa shape index (κ1) is 13.9. The predicted molar refractivity (Wildman–Crippen MR) is 78.4 cm³/mol. The molecule has 0 aromatic heterocycles. The first-order chi connectivity index (χ1) is 8.63. The maximum absolute atomic E-state index is 4.12. The molecule has 0 heterocycles. The molecule has 94 valence electrons. The summed E-state index contributed by atoms with van der Waals surface area (Å²) < 4.78 is 0. The molecule has 3 heteroatoms. The average molecular weight is 241 g/mol. The molecule has 0 saturated heterocycles. The van der Waals surface area contributed by atoms with Gasteiger partial charge in [0, 0.05) is 19.8 Å². The Hall–Kier alpha value is -2.16.